The van der Waals surface area contributed by atoms with Crippen molar-refractivity contribution in [1.29, 1.82) is 0 Å². The Morgan fingerprint density at radius 1 is 1.40 bits per heavy atom. The van der Waals surface area contributed by atoms with Gasteiger partial charge in [-0.1, -0.05) is 18.2 Å². The van der Waals surface area contributed by atoms with Crippen LogP contribution in [0.1, 0.15) is 17.5 Å². The summed E-state index contributed by atoms with van der Waals surface area (Å²) in [5.74, 6) is 0.521. The molecular weight excluding hydrogens is 192 g/mol. The second kappa shape index (κ2) is 4.17. The maximum Gasteiger partial charge on any atom is 0.513 e. The van der Waals surface area contributed by atoms with Crippen molar-refractivity contribution in [3.8, 4) is 5.75 Å². The third kappa shape index (κ3) is 2.18. The molecule has 0 fully saturated rings. The van der Waals surface area contributed by atoms with Crippen LogP contribution in [0, 0.1) is 0 Å². The van der Waals surface area contributed by atoms with Crippen molar-refractivity contribution >= 4 is 12.2 Å². The lowest BCUT2D eigenvalue weighted by molar-refractivity contribution is 0.121. The van der Waals surface area contributed by atoms with E-state index in [2.05, 4.69) is 10.8 Å². The van der Waals surface area contributed by atoms with Gasteiger partial charge in [-0.2, -0.15) is 0 Å². The highest BCUT2D eigenvalue weighted by Gasteiger charge is 2.08. The zero-order valence-electron chi connectivity index (χ0n) is 8.53. The van der Waals surface area contributed by atoms with Crippen LogP contribution in [0.2, 0.25) is 0 Å². The summed E-state index contributed by atoms with van der Waals surface area (Å²) in [5, 5.41) is 0. The smallest absolute Gasteiger partial charge is 0.437 e. The molecule has 0 unspecified atom stereocenters. The third-order valence-corrected chi connectivity index (χ3v) is 2.36. The fraction of sp³-hybridized carbons (Fsp3) is 0.250. The average Bonchev–Trinajstić information content (AvgIpc) is 2.29. The molecule has 1 aromatic rings. The van der Waals surface area contributed by atoms with Crippen LogP contribution in [0.3, 0.4) is 0 Å². The first-order chi connectivity index (χ1) is 7.29. The number of aryl methyl sites for hydroxylation is 1. The van der Waals surface area contributed by atoms with E-state index in [0.29, 0.717) is 5.75 Å². The molecule has 1 aliphatic carbocycles. The lowest BCUT2D eigenvalue weighted by Gasteiger charge is -2.11. The molecule has 0 bridgehead atoms. The Morgan fingerprint density at radius 3 is 3.07 bits per heavy atom. The summed E-state index contributed by atoms with van der Waals surface area (Å²) >= 11 is 0. The second-order valence-electron chi connectivity index (χ2n) is 3.36. The van der Waals surface area contributed by atoms with Crippen molar-refractivity contribution in [2.24, 2.45) is 0 Å². The first kappa shape index (κ1) is 9.77. The van der Waals surface area contributed by atoms with Gasteiger partial charge in [0.25, 0.3) is 0 Å². The molecule has 0 aromatic heterocycles. The van der Waals surface area contributed by atoms with Gasteiger partial charge in [-0.3, -0.25) is 0 Å². The number of hydrogen-bond donors (Lipinski definition) is 0. The predicted octanol–water partition coefficient (Wildman–Crippen LogP) is 2.79. The fourth-order valence-corrected chi connectivity index (χ4v) is 1.61. The van der Waals surface area contributed by atoms with Crippen LogP contribution in [0.4, 0.5) is 4.79 Å². The first-order valence-corrected chi connectivity index (χ1v) is 4.85. The van der Waals surface area contributed by atoms with Crippen molar-refractivity contribution in [3.05, 3.63) is 35.4 Å². The maximum atomic E-state index is 10.9. The molecule has 0 radical (unpaired) electrons. The molecule has 1 aromatic carbocycles. The van der Waals surface area contributed by atoms with Gasteiger partial charge in [0.1, 0.15) is 5.75 Å². The zero-order valence-corrected chi connectivity index (χ0v) is 8.53. The second-order valence-corrected chi connectivity index (χ2v) is 3.36. The van der Waals surface area contributed by atoms with Gasteiger partial charge in [0.15, 0.2) is 0 Å². The van der Waals surface area contributed by atoms with Crippen molar-refractivity contribution in [3.63, 3.8) is 0 Å². The molecule has 0 N–H and O–H groups in total. The molecule has 1 aliphatic rings. The summed E-state index contributed by atoms with van der Waals surface area (Å²) in [5.41, 5.74) is 2.40. The number of fused-ring (bicyclic) bond motifs is 1. The molecule has 0 heterocycles. The highest BCUT2D eigenvalue weighted by molar-refractivity contribution is 5.65. The molecule has 3 heteroatoms. The van der Waals surface area contributed by atoms with Gasteiger partial charge in [-0.15, -0.1) is 0 Å². The Balaban J connectivity index is 2.22. The van der Waals surface area contributed by atoms with Gasteiger partial charge in [0, 0.05) is 0 Å². The Bertz CT molecular complexity index is 407. The van der Waals surface area contributed by atoms with Gasteiger partial charge in [-0.05, 0) is 36.1 Å². The van der Waals surface area contributed by atoms with Crippen LogP contribution in [-0.2, 0) is 11.2 Å². The van der Waals surface area contributed by atoms with E-state index in [1.54, 1.807) is 6.07 Å². The molecule has 3 nitrogen and oxygen atoms in total. The number of methoxy groups -OCH3 is 1. The topological polar surface area (TPSA) is 35.5 Å². The fourth-order valence-electron chi connectivity index (χ4n) is 1.61. The van der Waals surface area contributed by atoms with E-state index in [1.165, 1.54) is 12.7 Å². The summed E-state index contributed by atoms with van der Waals surface area (Å²) in [4.78, 5) is 10.9. The van der Waals surface area contributed by atoms with E-state index in [9.17, 15) is 4.79 Å². The highest BCUT2D eigenvalue weighted by Crippen LogP contribution is 2.24. The molecule has 0 atom stereocenters. The maximum absolute atomic E-state index is 10.9. The van der Waals surface area contributed by atoms with Crippen molar-refractivity contribution < 1.29 is 14.3 Å². The van der Waals surface area contributed by atoms with Crippen molar-refractivity contribution in [2.45, 2.75) is 12.8 Å². The van der Waals surface area contributed by atoms with Gasteiger partial charge >= 0.3 is 6.16 Å². The number of hydrogen-bond acceptors (Lipinski definition) is 3. The number of rotatable bonds is 1. The largest absolute Gasteiger partial charge is 0.513 e. The van der Waals surface area contributed by atoms with Crippen LogP contribution in [0.5, 0.6) is 5.75 Å². The number of carbonyl (C=O) groups is 1. The molecule has 15 heavy (non-hydrogen) atoms. The summed E-state index contributed by atoms with van der Waals surface area (Å²) < 4.78 is 9.35. The normalized spacial score (nSPS) is 13.1. The van der Waals surface area contributed by atoms with E-state index in [1.807, 2.05) is 18.2 Å². The predicted molar refractivity (Wildman–Crippen MR) is 56.8 cm³/mol. The van der Waals surface area contributed by atoms with E-state index < -0.39 is 6.16 Å². The van der Waals surface area contributed by atoms with Crippen LogP contribution >= 0.6 is 0 Å². The minimum Gasteiger partial charge on any atom is -0.437 e. The van der Waals surface area contributed by atoms with E-state index >= 15 is 0 Å². The number of ether oxygens (including phenoxy) is 2. The van der Waals surface area contributed by atoms with E-state index in [0.717, 1.165) is 18.4 Å². The average molecular weight is 204 g/mol. The molecule has 0 saturated carbocycles. The van der Waals surface area contributed by atoms with Crippen LogP contribution < -0.4 is 4.74 Å². The molecule has 0 saturated heterocycles. The summed E-state index contributed by atoms with van der Waals surface area (Å²) in [6, 6.07) is 5.62. The van der Waals surface area contributed by atoms with Gasteiger partial charge in [0.05, 0.1) is 7.11 Å². The lowest BCUT2D eigenvalue weighted by atomic mass is 9.97. The molecule has 0 spiro atoms. The molecule has 2 rings (SSSR count). The van der Waals surface area contributed by atoms with Gasteiger partial charge in [-0.25, -0.2) is 4.79 Å². The number of benzene rings is 1. The van der Waals surface area contributed by atoms with Gasteiger partial charge < -0.3 is 9.47 Å². The number of carbonyl (C=O) groups excluding carboxylic acids is 1. The summed E-state index contributed by atoms with van der Waals surface area (Å²) in [6.45, 7) is 0. The SMILES string of the molecule is COC(=O)Oc1ccc2c(c1)C=CCC2. The molecule has 0 amide bonds. The quantitative estimate of drug-likeness (QED) is 0.521. The molecular formula is C12H12O3. The molecule has 78 valence electrons. The van der Waals surface area contributed by atoms with Crippen LogP contribution in [-0.4, -0.2) is 13.3 Å². The lowest BCUT2D eigenvalue weighted by Crippen LogP contribution is -2.07. The van der Waals surface area contributed by atoms with Crippen LogP contribution in [0.25, 0.3) is 6.08 Å². The third-order valence-electron chi connectivity index (χ3n) is 2.36. The van der Waals surface area contributed by atoms with Crippen molar-refractivity contribution in [1.82, 2.24) is 0 Å². The minimum atomic E-state index is -0.685. The summed E-state index contributed by atoms with van der Waals surface area (Å²) in [6.07, 6.45) is 5.59. The zero-order chi connectivity index (χ0) is 10.7. The Morgan fingerprint density at radius 2 is 2.27 bits per heavy atom. The Labute approximate surface area is 88.3 Å². The van der Waals surface area contributed by atoms with Crippen molar-refractivity contribution in [2.75, 3.05) is 7.11 Å². The first-order valence-electron chi connectivity index (χ1n) is 4.85. The summed E-state index contributed by atoms with van der Waals surface area (Å²) in [7, 11) is 1.29. The minimum absolute atomic E-state index is 0.521. The highest BCUT2D eigenvalue weighted by atomic mass is 16.7. The van der Waals surface area contributed by atoms with Crippen LogP contribution in [0.15, 0.2) is 24.3 Å². The van der Waals surface area contributed by atoms with E-state index in [4.69, 9.17) is 4.74 Å². The van der Waals surface area contributed by atoms with Gasteiger partial charge in [0.2, 0.25) is 0 Å². The Kier molecular flexibility index (Phi) is 2.72. The standard InChI is InChI=1S/C12H12O3/c1-14-12(13)15-11-7-6-9-4-2-3-5-10(9)8-11/h3,5-8H,2,4H2,1H3. The Hall–Kier alpha value is -1.77. The molecule has 0 aliphatic heterocycles. The van der Waals surface area contributed by atoms with E-state index in [-0.39, 0.29) is 0 Å². The monoisotopic (exact) mass is 204 g/mol. The number of allylic oxidation sites excluding steroid dienone is 1.